The van der Waals surface area contributed by atoms with Crippen molar-refractivity contribution in [2.75, 3.05) is 0 Å². The van der Waals surface area contributed by atoms with Crippen LogP contribution in [0.2, 0.25) is 0 Å². The molecule has 0 radical (unpaired) electrons. The molecule has 0 atom stereocenters. The van der Waals surface area contributed by atoms with Crippen LogP contribution in [0.25, 0.3) is 0 Å². The second-order valence-corrected chi connectivity index (χ2v) is 5.00. The quantitative estimate of drug-likeness (QED) is 0.395. The Morgan fingerprint density at radius 1 is 1.17 bits per heavy atom. The highest BCUT2D eigenvalue weighted by Crippen LogP contribution is 2.15. The van der Waals surface area contributed by atoms with E-state index in [9.17, 15) is 0 Å². The van der Waals surface area contributed by atoms with Gasteiger partial charge in [0.05, 0.1) is 5.41 Å². The summed E-state index contributed by atoms with van der Waals surface area (Å²) in [5.41, 5.74) is 4.18. The second-order valence-electron chi connectivity index (χ2n) is 5.00. The topological polar surface area (TPSA) is 0 Å². The highest BCUT2D eigenvalue weighted by Gasteiger charge is 2.08. The maximum atomic E-state index is 3.28. The van der Waals surface area contributed by atoms with Gasteiger partial charge in [-0.15, -0.1) is 5.73 Å². The molecule has 1 aromatic rings. The molecular formula is C18H22. The first kappa shape index (κ1) is 14.4. The molecule has 0 unspecified atom stereocenters. The van der Waals surface area contributed by atoms with Gasteiger partial charge in [-0.25, -0.2) is 0 Å². The van der Waals surface area contributed by atoms with Crippen molar-refractivity contribution in [1.82, 2.24) is 0 Å². The van der Waals surface area contributed by atoms with Crippen LogP contribution in [0.15, 0.2) is 48.2 Å². The maximum Gasteiger partial charge on any atom is 0.0514 e. The zero-order valence-corrected chi connectivity index (χ0v) is 11.7. The average molecular weight is 238 g/mol. The highest BCUT2D eigenvalue weighted by molar-refractivity contribution is 5.36. The fraction of sp³-hybridized carbons (Fsp3) is 0.389. The van der Waals surface area contributed by atoms with E-state index in [1.165, 1.54) is 12.8 Å². The van der Waals surface area contributed by atoms with Gasteiger partial charge in [-0.05, 0) is 51.0 Å². The maximum absolute atomic E-state index is 3.28. The molecule has 0 aliphatic rings. The van der Waals surface area contributed by atoms with Gasteiger partial charge >= 0.3 is 0 Å². The zero-order chi connectivity index (χ0) is 13.3. The molecule has 94 valence electrons. The number of hydrogen-bond acceptors (Lipinski definition) is 0. The van der Waals surface area contributed by atoms with E-state index in [1.807, 2.05) is 30.3 Å². The van der Waals surface area contributed by atoms with Crippen molar-refractivity contribution in [3.8, 4) is 11.8 Å². The first-order valence-corrected chi connectivity index (χ1v) is 6.64. The van der Waals surface area contributed by atoms with E-state index in [0.717, 1.165) is 12.0 Å². The van der Waals surface area contributed by atoms with E-state index in [4.69, 9.17) is 0 Å². The molecule has 1 aromatic carbocycles. The third kappa shape index (κ3) is 6.14. The van der Waals surface area contributed by atoms with Crippen molar-refractivity contribution in [2.45, 2.75) is 40.0 Å². The molecular weight excluding hydrogens is 216 g/mol. The van der Waals surface area contributed by atoms with Crippen molar-refractivity contribution in [2.24, 2.45) is 5.41 Å². The van der Waals surface area contributed by atoms with Gasteiger partial charge in [0, 0.05) is 5.56 Å². The first-order chi connectivity index (χ1) is 8.64. The van der Waals surface area contributed by atoms with Crippen LogP contribution in [0.4, 0.5) is 0 Å². The molecule has 18 heavy (non-hydrogen) atoms. The Kier molecular flexibility index (Phi) is 6.06. The van der Waals surface area contributed by atoms with Crippen molar-refractivity contribution < 1.29 is 0 Å². The van der Waals surface area contributed by atoms with Crippen LogP contribution in [-0.2, 0) is 0 Å². The third-order valence-corrected chi connectivity index (χ3v) is 2.57. The van der Waals surface area contributed by atoms with Gasteiger partial charge in [-0.3, -0.25) is 0 Å². The lowest BCUT2D eigenvalue weighted by molar-refractivity contribution is 0.656. The lowest BCUT2D eigenvalue weighted by atomic mass is 9.94. The number of hydrogen-bond donors (Lipinski definition) is 0. The van der Waals surface area contributed by atoms with E-state index in [1.54, 1.807) is 0 Å². The molecule has 0 fully saturated rings. The van der Waals surface area contributed by atoms with Gasteiger partial charge in [0.1, 0.15) is 0 Å². The first-order valence-electron chi connectivity index (χ1n) is 6.64. The largest absolute Gasteiger partial charge is 0.128 e. The monoisotopic (exact) mass is 238 g/mol. The van der Waals surface area contributed by atoms with Crippen molar-refractivity contribution in [1.29, 1.82) is 0 Å². The van der Waals surface area contributed by atoms with Crippen LogP contribution >= 0.6 is 0 Å². The molecule has 0 bridgehead atoms. The van der Waals surface area contributed by atoms with Crippen LogP contribution < -0.4 is 0 Å². The second kappa shape index (κ2) is 7.59. The molecule has 0 heteroatoms. The van der Waals surface area contributed by atoms with Gasteiger partial charge in [0.15, 0.2) is 0 Å². The molecule has 0 amide bonds. The van der Waals surface area contributed by atoms with E-state index in [0.29, 0.717) is 0 Å². The number of unbranched alkanes of at least 4 members (excludes halogenated alkanes) is 2. The minimum atomic E-state index is -0.126. The van der Waals surface area contributed by atoms with E-state index < -0.39 is 0 Å². The molecule has 0 spiro atoms. The lowest BCUT2D eigenvalue weighted by Crippen LogP contribution is -2.02. The van der Waals surface area contributed by atoms with Gasteiger partial charge in [0.25, 0.3) is 0 Å². The summed E-state index contributed by atoms with van der Waals surface area (Å²) >= 11 is 0. The van der Waals surface area contributed by atoms with Crippen molar-refractivity contribution in [3.05, 3.63) is 53.8 Å². The van der Waals surface area contributed by atoms with Crippen LogP contribution in [0.5, 0.6) is 0 Å². The van der Waals surface area contributed by atoms with E-state index >= 15 is 0 Å². The Morgan fingerprint density at radius 2 is 1.89 bits per heavy atom. The minimum absolute atomic E-state index is 0.126. The fourth-order valence-electron chi connectivity index (χ4n) is 1.45. The average Bonchev–Trinajstić information content (AvgIpc) is 2.38. The van der Waals surface area contributed by atoms with E-state index in [2.05, 4.69) is 50.5 Å². The molecule has 0 N–H and O–H groups in total. The minimum Gasteiger partial charge on any atom is -0.128 e. The Labute approximate surface area is 111 Å². The third-order valence-electron chi connectivity index (χ3n) is 2.57. The van der Waals surface area contributed by atoms with E-state index in [-0.39, 0.29) is 5.41 Å². The van der Waals surface area contributed by atoms with Crippen LogP contribution in [0.3, 0.4) is 0 Å². The normalized spacial score (nSPS) is 9.94. The Bertz CT molecular complexity index is 460. The number of rotatable bonds is 4. The standard InChI is InChI=1S/C18H22/c1-4-5-6-7-11-15-18(2,3)16-14-17-12-9-8-10-13-17/h7-10,12-13,15H,4-6H2,1-3H3. The summed E-state index contributed by atoms with van der Waals surface area (Å²) in [5, 5.41) is 0. The summed E-state index contributed by atoms with van der Waals surface area (Å²) in [5.74, 6) is 6.48. The van der Waals surface area contributed by atoms with Crippen LogP contribution in [0, 0.1) is 17.3 Å². The number of allylic oxidation sites excluding steroid dienone is 1. The molecule has 0 aliphatic heterocycles. The van der Waals surface area contributed by atoms with Crippen LogP contribution in [-0.4, -0.2) is 0 Å². The lowest BCUT2D eigenvalue weighted by Gasteiger charge is -2.08. The van der Waals surface area contributed by atoms with Gasteiger partial charge in [0.2, 0.25) is 0 Å². The zero-order valence-electron chi connectivity index (χ0n) is 11.7. The smallest absolute Gasteiger partial charge is 0.0514 e. The highest BCUT2D eigenvalue weighted by atomic mass is 14.1. The summed E-state index contributed by atoms with van der Waals surface area (Å²) in [6.45, 7) is 6.43. The summed E-state index contributed by atoms with van der Waals surface area (Å²) in [6, 6.07) is 10.1. The van der Waals surface area contributed by atoms with Crippen molar-refractivity contribution >= 4 is 0 Å². The molecule has 0 saturated carbocycles. The van der Waals surface area contributed by atoms with Crippen molar-refractivity contribution in [3.63, 3.8) is 0 Å². The predicted octanol–water partition coefficient (Wildman–Crippen LogP) is 4.97. The molecule has 0 aliphatic carbocycles. The SMILES string of the molecule is CCCCC=C=CC(C)(C)C#Cc1ccccc1. The van der Waals surface area contributed by atoms with Crippen LogP contribution in [0.1, 0.15) is 45.6 Å². The fourth-order valence-corrected chi connectivity index (χ4v) is 1.45. The van der Waals surface area contributed by atoms with Gasteiger partial charge in [-0.1, -0.05) is 43.4 Å². The Morgan fingerprint density at radius 3 is 2.56 bits per heavy atom. The molecule has 0 aromatic heterocycles. The molecule has 0 heterocycles. The summed E-state index contributed by atoms with van der Waals surface area (Å²) < 4.78 is 0. The molecule has 1 rings (SSSR count). The summed E-state index contributed by atoms with van der Waals surface area (Å²) in [6.07, 6.45) is 7.73. The molecule has 0 saturated heterocycles. The van der Waals surface area contributed by atoms with Gasteiger partial charge < -0.3 is 0 Å². The predicted molar refractivity (Wildman–Crippen MR) is 79.3 cm³/mol. The number of benzene rings is 1. The summed E-state index contributed by atoms with van der Waals surface area (Å²) in [4.78, 5) is 0. The van der Waals surface area contributed by atoms with Gasteiger partial charge in [-0.2, -0.15) is 0 Å². The Hall–Kier alpha value is -1.70. The Balaban J connectivity index is 2.65. The summed E-state index contributed by atoms with van der Waals surface area (Å²) in [7, 11) is 0. The molecule has 0 nitrogen and oxygen atoms in total.